The number of carbonyl (C=O) groups is 2. The number of anilines is 1. The van der Waals surface area contributed by atoms with Crippen molar-refractivity contribution in [2.45, 2.75) is 6.92 Å². The normalized spacial score (nSPS) is 11.0. The molecule has 2 aromatic heterocycles. The van der Waals surface area contributed by atoms with Crippen LogP contribution in [0, 0.1) is 5.82 Å². The second kappa shape index (κ2) is 9.11. The minimum atomic E-state index is -0.729. The van der Waals surface area contributed by atoms with E-state index in [9.17, 15) is 18.8 Å². The van der Waals surface area contributed by atoms with E-state index in [1.807, 2.05) is 30.3 Å². The zero-order valence-corrected chi connectivity index (χ0v) is 19.3. The molecule has 174 valence electrons. The van der Waals surface area contributed by atoms with Gasteiger partial charge in [0.1, 0.15) is 10.8 Å². The summed E-state index contributed by atoms with van der Waals surface area (Å²) in [6.45, 7) is 1.76. The predicted octanol–water partition coefficient (Wildman–Crippen LogP) is 5.17. The van der Waals surface area contributed by atoms with Crippen molar-refractivity contribution in [3.63, 3.8) is 0 Å². The van der Waals surface area contributed by atoms with Crippen molar-refractivity contribution in [3.8, 4) is 5.69 Å². The minimum Gasteiger partial charge on any atom is -0.461 e. The Bertz CT molecular complexity index is 1670. The Labute approximate surface area is 202 Å². The highest BCUT2D eigenvalue weighted by Gasteiger charge is 2.24. The Hall–Kier alpha value is -4.37. The highest BCUT2D eigenvalue weighted by Crippen LogP contribution is 2.31. The summed E-state index contributed by atoms with van der Waals surface area (Å²) in [5.41, 5.74) is -0.129. The largest absolute Gasteiger partial charge is 0.461 e. The Morgan fingerprint density at radius 2 is 1.83 bits per heavy atom. The molecule has 0 radical (unpaired) electrons. The number of nitrogens with one attached hydrogen (secondary N) is 1. The van der Waals surface area contributed by atoms with E-state index in [1.54, 1.807) is 24.4 Å². The van der Waals surface area contributed by atoms with Crippen molar-refractivity contribution in [2.24, 2.45) is 0 Å². The zero-order valence-electron chi connectivity index (χ0n) is 18.4. The SMILES string of the molecule is CCOC(=O)c1nn(-c2cccc(F)c2)c(=O)c2c(NC(=O)c3cccc4ccccc34)scc12. The number of rotatable bonds is 5. The lowest BCUT2D eigenvalue weighted by Gasteiger charge is -2.10. The lowest BCUT2D eigenvalue weighted by Crippen LogP contribution is -2.25. The molecular weight excluding hydrogens is 469 g/mol. The average Bonchev–Trinajstić information content (AvgIpc) is 3.28. The van der Waals surface area contributed by atoms with Gasteiger partial charge in [-0.3, -0.25) is 9.59 Å². The van der Waals surface area contributed by atoms with E-state index in [0.717, 1.165) is 32.9 Å². The van der Waals surface area contributed by atoms with Gasteiger partial charge in [-0.1, -0.05) is 42.5 Å². The molecule has 0 aliphatic rings. The fourth-order valence-corrected chi connectivity index (χ4v) is 4.80. The maximum atomic E-state index is 13.9. The summed E-state index contributed by atoms with van der Waals surface area (Å²) in [5.74, 6) is -1.70. The lowest BCUT2D eigenvalue weighted by atomic mass is 10.0. The smallest absolute Gasteiger partial charge is 0.359 e. The fraction of sp³-hybridized carbons (Fsp3) is 0.0769. The minimum absolute atomic E-state index is 0.0888. The number of carbonyl (C=O) groups excluding carboxylic acids is 2. The molecule has 1 N–H and O–H groups in total. The van der Waals surface area contributed by atoms with Gasteiger partial charge in [0.05, 0.1) is 17.7 Å². The number of ether oxygens (including phenoxy) is 1. The number of fused-ring (bicyclic) bond motifs is 2. The number of nitrogens with zero attached hydrogens (tertiary/aromatic N) is 2. The molecule has 0 saturated heterocycles. The topological polar surface area (TPSA) is 90.3 Å². The summed E-state index contributed by atoms with van der Waals surface area (Å²) in [4.78, 5) is 39.4. The lowest BCUT2D eigenvalue weighted by molar-refractivity contribution is 0.0520. The summed E-state index contributed by atoms with van der Waals surface area (Å²) < 4.78 is 20.0. The van der Waals surface area contributed by atoms with Crippen LogP contribution >= 0.6 is 11.3 Å². The van der Waals surface area contributed by atoms with Gasteiger partial charge in [-0.2, -0.15) is 9.78 Å². The molecule has 7 nitrogen and oxygen atoms in total. The summed E-state index contributed by atoms with van der Waals surface area (Å²) in [7, 11) is 0. The van der Waals surface area contributed by atoms with Crippen LogP contribution in [0.25, 0.3) is 27.2 Å². The number of hydrogen-bond acceptors (Lipinski definition) is 6. The van der Waals surface area contributed by atoms with E-state index in [2.05, 4.69) is 10.4 Å². The van der Waals surface area contributed by atoms with Crippen LogP contribution in [-0.2, 0) is 4.74 Å². The molecule has 0 saturated carbocycles. The molecule has 3 aromatic carbocycles. The van der Waals surface area contributed by atoms with E-state index >= 15 is 0 Å². The zero-order chi connectivity index (χ0) is 24.5. The molecule has 9 heteroatoms. The number of hydrogen-bond donors (Lipinski definition) is 1. The first-order chi connectivity index (χ1) is 17.0. The fourth-order valence-electron chi connectivity index (χ4n) is 3.87. The molecule has 5 rings (SSSR count). The number of benzene rings is 3. The van der Waals surface area contributed by atoms with Crippen molar-refractivity contribution < 1.29 is 18.7 Å². The molecule has 2 heterocycles. The first-order valence-electron chi connectivity index (χ1n) is 10.7. The van der Waals surface area contributed by atoms with Gasteiger partial charge in [0.25, 0.3) is 11.5 Å². The Morgan fingerprint density at radius 1 is 1.06 bits per heavy atom. The second-order valence-electron chi connectivity index (χ2n) is 7.60. The van der Waals surface area contributed by atoms with Gasteiger partial charge in [0.15, 0.2) is 5.69 Å². The molecule has 0 fully saturated rings. The first kappa shape index (κ1) is 22.4. The van der Waals surface area contributed by atoms with E-state index in [1.165, 1.54) is 18.2 Å². The quantitative estimate of drug-likeness (QED) is 0.346. The van der Waals surface area contributed by atoms with E-state index in [4.69, 9.17) is 4.74 Å². The second-order valence-corrected chi connectivity index (χ2v) is 8.48. The molecule has 0 bridgehead atoms. The number of halogens is 1. The van der Waals surface area contributed by atoms with Crippen molar-refractivity contribution in [1.29, 1.82) is 0 Å². The van der Waals surface area contributed by atoms with Crippen molar-refractivity contribution in [2.75, 3.05) is 11.9 Å². The predicted molar refractivity (Wildman–Crippen MR) is 133 cm³/mol. The summed E-state index contributed by atoms with van der Waals surface area (Å²) in [6.07, 6.45) is 0. The molecule has 0 atom stereocenters. The van der Waals surface area contributed by atoms with Gasteiger partial charge in [-0.05, 0) is 42.0 Å². The highest BCUT2D eigenvalue weighted by molar-refractivity contribution is 7.16. The van der Waals surface area contributed by atoms with Gasteiger partial charge >= 0.3 is 5.97 Å². The maximum Gasteiger partial charge on any atom is 0.359 e. The Balaban J connectivity index is 1.67. The maximum absolute atomic E-state index is 13.9. The summed E-state index contributed by atoms with van der Waals surface area (Å²) in [5, 5.41) is 10.8. The van der Waals surface area contributed by atoms with E-state index < -0.39 is 23.3 Å². The van der Waals surface area contributed by atoms with Crippen LogP contribution in [-0.4, -0.2) is 28.3 Å². The summed E-state index contributed by atoms with van der Waals surface area (Å²) >= 11 is 1.09. The Kier molecular flexibility index (Phi) is 5.84. The molecule has 0 aliphatic heterocycles. The molecule has 0 unspecified atom stereocenters. The number of thiophene rings is 1. The van der Waals surface area contributed by atoms with Gasteiger partial charge in [-0.25, -0.2) is 9.18 Å². The summed E-state index contributed by atoms with van der Waals surface area (Å²) in [6, 6.07) is 18.2. The molecule has 5 aromatic rings. The molecule has 0 aliphatic carbocycles. The van der Waals surface area contributed by atoms with Gasteiger partial charge in [-0.15, -0.1) is 11.3 Å². The van der Waals surface area contributed by atoms with Crippen LogP contribution in [0.15, 0.2) is 76.9 Å². The third kappa shape index (κ3) is 4.06. The van der Waals surface area contributed by atoms with Gasteiger partial charge < -0.3 is 10.1 Å². The average molecular weight is 488 g/mol. The van der Waals surface area contributed by atoms with Gasteiger partial charge in [0, 0.05) is 16.3 Å². The number of esters is 1. The van der Waals surface area contributed by atoms with Crippen molar-refractivity contribution >= 4 is 49.8 Å². The van der Waals surface area contributed by atoms with Crippen LogP contribution in [0.3, 0.4) is 0 Å². The van der Waals surface area contributed by atoms with Crippen LogP contribution < -0.4 is 10.9 Å². The highest BCUT2D eigenvalue weighted by atomic mass is 32.1. The third-order valence-corrected chi connectivity index (χ3v) is 6.33. The van der Waals surface area contributed by atoms with Crippen molar-refractivity contribution in [1.82, 2.24) is 9.78 Å². The molecule has 0 spiro atoms. The molecule has 1 amide bonds. The van der Waals surface area contributed by atoms with Crippen LogP contribution in [0.2, 0.25) is 0 Å². The molecule has 35 heavy (non-hydrogen) atoms. The number of aromatic nitrogens is 2. The first-order valence-corrected chi connectivity index (χ1v) is 11.6. The Morgan fingerprint density at radius 3 is 2.63 bits per heavy atom. The third-order valence-electron chi connectivity index (χ3n) is 5.44. The van der Waals surface area contributed by atoms with Crippen LogP contribution in [0.4, 0.5) is 9.39 Å². The van der Waals surface area contributed by atoms with Crippen LogP contribution in [0.5, 0.6) is 0 Å². The van der Waals surface area contributed by atoms with Crippen LogP contribution in [0.1, 0.15) is 27.8 Å². The van der Waals surface area contributed by atoms with Gasteiger partial charge in [0.2, 0.25) is 0 Å². The standard InChI is InChI=1S/C26H18FN3O4S/c1-2-34-26(33)22-20-14-35-24(21(20)25(32)30(29-22)17-10-6-9-16(27)13-17)28-23(31)19-12-5-8-15-7-3-4-11-18(15)19/h3-14H,2H2,1H3,(H,28,31). The van der Waals surface area contributed by atoms with E-state index in [0.29, 0.717) is 5.56 Å². The van der Waals surface area contributed by atoms with Crippen molar-refractivity contribution in [3.05, 3.63) is 99.5 Å². The molecular formula is C26H18FN3O4S. The number of amides is 1. The monoisotopic (exact) mass is 487 g/mol. The van der Waals surface area contributed by atoms with E-state index in [-0.39, 0.29) is 33.8 Å².